The van der Waals surface area contributed by atoms with E-state index in [1.165, 1.54) is 6.92 Å². The zero-order valence-electron chi connectivity index (χ0n) is 22.6. The van der Waals surface area contributed by atoms with Crippen LogP contribution in [0.1, 0.15) is 33.9 Å². The molecular formula is C26H30BrFN3O9P. The van der Waals surface area contributed by atoms with Crippen molar-refractivity contribution in [1.29, 1.82) is 0 Å². The summed E-state index contributed by atoms with van der Waals surface area (Å²) >= 11 is 2.98. The number of aliphatic hydroxyl groups excluding tert-OH is 1. The van der Waals surface area contributed by atoms with E-state index in [-0.39, 0.29) is 10.2 Å². The van der Waals surface area contributed by atoms with Crippen molar-refractivity contribution in [3.8, 4) is 5.75 Å². The van der Waals surface area contributed by atoms with Crippen LogP contribution in [0.5, 0.6) is 5.75 Å². The van der Waals surface area contributed by atoms with Gasteiger partial charge in [0.15, 0.2) is 11.9 Å². The molecule has 1 aliphatic heterocycles. The summed E-state index contributed by atoms with van der Waals surface area (Å²) in [7, 11) is -4.42. The van der Waals surface area contributed by atoms with Gasteiger partial charge >= 0.3 is 19.4 Å². The van der Waals surface area contributed by atoms with Crippen molar-refractivity contribution in [3.63, 3.8) is 0 Å². The molecule has 1 aliphatic rings. The van der Waals surface area contributed by atoms with Gasteiger partial charge in [0.25, 0.3) is 5.56 Å². The van der Waals surface area contributed by atoms with Crippen molar-refractivity contribution in [2.75, 3.05) is 6.61 Å². The minimum atomic E-state index is -4.42. The third kappa shape index (κ3) is 6.79. The summed E-state index contributed by atoms with van der Waals surface area (Å²) < 4.78 is 52.8. The predicted molar refractivity (Wildman–Crippen MR) is 150 cm³/mol. The molecule has 1 saturated heterocycles. The van der Waals surface area contributed by atoms with Gasteiger partial charge in [-0.2, -0.15) is 5.09 Å². The zero-order valence-corrected chi connectivity index (χ0v) is 25.1. The highest BCUT2D eigenvalue weighted by atomic mass is 79.9. The Labute approximate surface area is 242 Å². The van der Waals surface area contributed by atoms with E-state index in [9.17, 15) is 24.1 Å². The molecule has 0 unspecified atom stereocenters. The van der Waals surface area contributed by atoms with Crippen molar-refractivity contribution >= 4 is 40.4 Å². The highest BCUT2D eigenvalue weighted by Crippen LogP contribution is 2.48. The van der Waals surface area contributed by atoms with Gasteiger partial charge in [-0.05, 0) is 55.1 Å². The molecule has 0 aliphatic carbocycles. The Bertz CT molecular complexity index is 1590. The maximum atomic E-state index is 15.7. The molecule has 1 aromatic heterocycles. The van der Waals surface area contributed by atoms with E-state index in [1.54, 1.807) is 38.1 Å². The molecule has 0 saturated carbocycles. The summed E-state index contributed by atoms with van der Waals surface area (Å²) in [6.45, 7) is 5.06. The standard InChI is InChI=1S/C26H30BrFN3O9P/c1-14(2)38-23(34)15(3)30-41(36,40-19-11-7-9-16-8-5-6-10-17(16)19)37-13-20-21(32)26(4,28)24(39-20)31-12-18(27)22(33)29-25(31)35/h5-12,14-15,20-21,24,32H,13H2,1-4H3,(H,30,36)(H,29,33,35)/t15-,20-,21-,24-,26-,41-/m1/s1. The van der Waals surface area contributed by atoms with Gasteiger partial charge in [0.05, 0.1) is 17.2 Å². The molecule has 2 aromatic carbocycles. The van der Waals surface area contributed by atoms with Crippen LogP contribution in [0.2, 0.25) is 0 Å². The number of carbonyl (C=O) groups is 1. The topological polar surface area (TPSA) is 158 Å². The lowest BCUT2D eigenvalue weighted by molar-refractivity contribution is -0.149. The van der Waals surface area contributed by atoms with Crippen LogP contribution >= 0.6 is 23.7 Å². The fraction of sp³-hybridized carbons (Fsp3) is 0.423. The molecule has 0 bridgehead atoms. The lowest BCUT2D eigenvalue weighted by atomic mass is 9.98. The average Bonchev–Trinajstić information content (AvgIpc) is 3.13. The Morgan fingerprint density at radius 2 is 1.93 bits per heavy atom. The number of alkyl halides is 1. The summed E-state index contributed by atoms with van der Waals surface area (Å²) in [5.41, 5.74) is -4.23. The number of ether oxygens (including phenoxy) is 2. The Balaban J connectivity index is 1.61. The normalized spacial score (nSPS) is 24.7. The van der Waals surface area contributed by atoms with Crippen LogP contribution in [0, 0.1) is 0 Å². The monoisotopic (exact) mass is 657 g/mol. The van der Waals surface area contributed by atoms with Crippen molar-refractivity contribution in [2.24, 2.45) is 0 Å². The summed E-state index contributed by atoms with van der Waals surface area (Å²) in [4.78, 5) is 38.6. The Kier molecular flexibility index (Phi) is 9.22. The maximum Gasteiger partial charge on any atom is 0.459 e. The number of fused-ring (bicyclic) bond motifs is 1. The molecule has 2 heterocycles. The van der Waals surface area contributed by atoms with Crippen molar-refractivity contribution in [3.05, 3.63) is 74.0 Å². The van der Waals surface area contributed by atoms with Crippen molar-refractivity contribution < 1.29 is 37.4 Å². The van der Waals surface area contributed by atoms with E-state index in [2.05, 4.69) is 21.0 Å². The third-order valence-corrected chi connectivity index (χ3v) is 8.52. The quantitative estimate of drug-likeness (QED) is 0.217. The highest BCUT2D eigenvalue weighted by molar-refractivity contribution is 9.10. The van der Waals surface area contributed by atoms with E-state index >= 15 is 4.39 Å². The number of nitrogens with one attached hydrogen (secondary N) is 2. The number of rotatable bonds is 10. The summed E-state index contributed by atoms with van der Waals surface area (Å²) in [5.74, 6) is -0.545. The zero-order chi connectivity index (χ0) is 30.1. The molecule has 3 aromatic rings. The van der Waals surface area contributed by atoms with E-state index < -0.39 is 67.8 Å². The second-order valence-electron chi connectivity index (χ2n) is 9.96. The van der Waals surface area contributed by atoms with Crippen LogP contribution in [0.3, 0.4) is 0 Å². The first-order valence-corrected chi connectivity index (χ1v) is 15.0. The minimum absolute atomic E-state index is 0.0647. The first kappa shape index (κ1) is 31.1. The Morgan fingerprint density at radius 1 is 1.24 bits per heavy atom. The molecule has 0 spiro atoms. The van der Waals surface area contributed by atoms with Gasteiger partial charge in [-0.3, -0.25) is 23.7 Å². The number of aliphatic hydroxyl groups is 1. The van der Waals surface area contributed by atoms with E-state index in [1.807, 2.05) is 23.2 Å². The van der Waals surface area contributed by atoms with Gasteiger partial charge in [-0.15, -0.1) is 0 Å². The number of halogens is 2. The lowest BCUT2D eigenvalue weighted by Crippen LogP contribution is -2.44. The molecule has 3 N–H and O–H groups in total. The summed E-state index contributed by atoms with van der Waals surface area (Å²) in [6.07, 6.45) is -4.35. The molecule has 0 radical (unpaired) electrons. The fourth-order valence-corrected chi connectivity index (χ4v) is 6.12. The van der Waals surface area contributed by atoms with Crippen LogP contribution < -0.4 is 20.9 Å². The van der Waals surface area contributed by atoms with Gasteiger partial charge in [0, 0.05) is 11.6 Å². The maximum absolute atomic E-state index is 15.7. The molecule has 1 fully saturated rings. The van der Waals surface area contributed by atoms with Gasteiger partial charge in [0.1, 0.15) is 24.0 Å². The molecule has 6 atom stereocenters. The number of aromatic amines is 1. The number of benzene rings is 2. The van der Waals surface area contributed by atoms with Crippen LogP contribution in [0.4, 0.5) is 4.39 Å². The molecule has 222 valence electrons. The molecule has 0 amide bonds. The summed E-state index contributed by atoms with van der Waals surface area (Å²) in [6, 6.07) is 11.1. The number of esters is 1. The van der Waals surface area contributed by atoms with E-state index in [4.69, 9.17) is 18.5 Å². The van der Waals surface area contributed by atoms with E-state index in [0.29, 0.717) is 5.39 Å². The number of nitrogens with zero attached hydrogens (tertiary/aromatic N) is 1. The largest absolute Gasteiger partial charge is 0.462 e. The number of H-pyrrole nitrogens is 1. The Morgan fingerprint density at radius 3 is 2.63 bits per heavy atom. The molecule has 12 nitrogen and oxygen atoms in total. The van der Waals surface area contributed by atoms with Crippen LogP contribution in [0.15, 0.2) is 62.7 Å². The molecule has 4 rings (SSSR count). The van der Waals surface area contributed by atoms with Gasteiger partial charge in [-0.1, -0.05) is 36.4 Å². The smallest absolute Gasteiger partial charge is 0.459 e. The molecule has 41 heavy (non-hydrogen) atoms. The van der Waals surface area contributed by atoms with E-state index in [0.717, 1.165) is 23.1 Å². The second-order valence-corrected chi connectivity index (χ2v) is 12.5. The highest BCUT2D eigenvalue weighted by Gasteiger charge is 2.56. The first-order chi connectivity index (χ1) is 19.2. The third-order valence-electron chi connectivity index (χ3n) is 6.33. The van der Waals surface area contributed by atoms with Crippen molar-refractivity contribution in [1.82, 2.24) is 14.6 Å². The Hall–Kier alpha value is -2.87. The predicted octanol–water partition coefficient (Wildman–Crippen LogP) is 3.57. The van der Waals surface area contributed by atoms with Crippen molar-refractivity contribution in [2.45, 2.75) is 63.9 Å². The number of hydrogen-bond acceptors (Lipinski definition) is 9. The van der Waals surface area contributed by atoms with Crippen LogP contribution in [0.25, 0.3) is 10.8 Å². The SMILES string of the molecule is CC(C)OC(=O)[C@@H](C)N[P@@](=O)(OC[C@H]1O[C@@H](n2cc(Br)c(=O)[nH]c2=O)[C@](C)(F)[C@@H]1O)Oc1cccc2ccccc12. The first-order valence-electron chi connectivity index (χ1n) is 12.7. The van der Waals surface area contributed by atoms with Gasteiger partial charge in [-0.25, -0.2) is 13.8 Å². The second kappa shape index (κ2) is 12.2. The molecular weight excluding hydrogens is 628 g/mol. The van der Waals surface area contributed by atoms with Gasteiger partial charge in [0.2, 0.25) is 0 Å². The number of aromatic nitrogens is 2. The lowest BCUT2D eigenvalue weighted by Gasteiger charge is -2.26. The fourth-order valence-electron chi connectivity index (χ4n) is 4.28. The average molecular weight is 658 g/mol. The van der Waals surface area contributed by atoms with Crippen LogP contribution in [-0.2, 0) is 23.4 Å². The van der Waals surface area contributed by atoms with Gasteiger partial charge < -0.3 is 19.1 Å². The number of hydrogen-bond donors (Lipinski definition) is 3. The number of carbonyl (C=O) groups excluding carboxylic acids is 1. The van der Waals surface area contributed by atoms with Crippen LogP contribution in [-0.4, -0.2) is 57.3 Å². The molecule has 15 heteroatoms. The summed E-state index contributed by atoms with van der Waals surface area (Å²) in [5, 5.41) is 14.7. The minimum Gasteiger partial charge on any atom is -0.462 e.